The van der Waals surface area contributed by atoms with Crippen molar-refractivity contribution in [1.82, 2.24) is 0 Å². The molecular weight excluding hydrogens is 431 g/mol. The number of halogens is 1. The van der Waals surface area contributed by atoms with Crippen molar-refractivity contribution in [2.75, 3.05) is 12.0 Å². The van der Waals surface area contributed by atoms with Gasteiger partial charge in [-0.2, -0.15) is 0 Å². The SMILES string of the molecule is CCCS[C@]1(SC)CC[C@H]2[C@@H]3CCC4=CC(=O)C=C[C@]4(C)C3(F)[C@@H](OC(C)=O)C[C@@]21C. The van der Waals surface area contributed by atoms with E-state index < -0.39 is 23.2 Å². The van der Waals surface area contributed by atoms with Crippen LogP contribution in [0.2, 0.25) is 0 Å². The fraction of sp³-hybridized carbons (Fsp3) is 0.760. The minimum Gasteiger partial charge on any atom is -0.459 e. The lowest BCUT2D eigenvalue weighted by Gasteiger charge is -2.63. The Hall–Kier alpha value is -0.750. The van der Waals surface area contributed by atoms with Crippen molar-refractivity contribution in [2.24, 2.45) is 22.7 Å². The highest BCUT2D eigenvalue weighted by Gasteiger charge is 2.74. The van der Waals surface area contributed by atoms with E-state index in [0.29, 0.717) is 12.8 Å². The Bertz CT molecular complexity index is 841. The lowest BCUT2D eigenvalue weighted by Crippen LogP contribution is -2.68. The number of fused-ring (bicyclic) bond motifs is 5. The van der Waals surface area contributed by atoms with Gasteiger partial charge in [0, 0.05) is 18.3 Å². The van der Waals surface area contributed by atoms with Crippen molar-refractivity contribution in [2.45, 2.75) is 82.1 Å². The van der Waals surface area contributed by atoms with Gasteiger partial charge in [0.1, 0.15) is 6.10 Å². The fourth-order valence-corrected chi connectivity index (χ4v) is 10.5. The van der Waals surface area contributed by atoms with Crippen molar-refractivity contribution in [1.29, 1.82) is 0 Å². The van der Waals surface area contributed by atoms with Crippen LogP contribution in [0, 0.1) is 22.7 Å². The van der Waals surface area contributed by atoms with Gasteiger partial charge in [0.25, 0.3) is 0 Å². The van der Waals surface area contributed by atoms with E-state index in [0.717, 1.165) is 37.0 Å². The number of hydrogen-bond acceptors (Lipinski definition) is 5. The van der Waals surface area contributed by atoms with E-state index in [4.69, 9.17) is 4.74 Å². The first-order valence-electron chi connectivity index (χ1n) is 11.6. The molecule has 0 saturated heterocycles. The van der Waals surface area contributed by atoms with Crippen LogP contribution in [0.5, 0.6) is 0 Å². The van der Waals surface area contributed by atoms with Gasteiger partial charge in [-0.1, -0.05) is 25.5 Å². The van der Waals surface area contributed by atoms with Crippen molar-refractivity contribution < 1.29 is 18.7 Å². The van der Waals surface area contributed by atoms with E-state index in [2.05, 4.69) is 20.1 Å². The van der Waals surface area contributed by atoms with Gasteiger partial charge in [-0.25, -0.2) is 4.39 Å². The summed E-state index contributed by atoms with van der Waals surface area (Å²) in [4.78, 5) is 24.2. The molecule has 3 nitrogen and oxygen atoms in total. The second-order valence-corrected chi connectivity index (χ2v) is 12.9. The number of ketones is 1. The van der Waals surface area contributed by atoms with Gasteiger partial charge in [0.05, 0.1) is 4.08 Å². The largest absolute Gasteiger partial charge is 0.459 e. The number of esters is 1. The van der Waals surface area contributed by atoms with Gasteiger partial charge < -0.3 is 4.74 Å². The van der Waals surface area contributed by atoms with Crippen LogP contribution in [-0.4, -0.2) is 39.6 Å². The highest BCUT2D eigenvalue weighted by molar-refractivity contribution is 8.18. The molecule has 0 amide bonds. The molecule has 0 heterocycles. The smallest absolute Gasteiger partial charge is 0.303 e. The second-order valence-electron chi connectivity index (χ2n) is 10.2. The number of alkyl halides is 1. The van der Waals surface area contributed by atoms with Crippen LogP contribution in [0.15, 0.2) is 23.8 Å². The summed E-state index contributed by atoms with van der Waals surface area (Å²) in [5, 5.41) is 0. The molecule has 0 aromatic carbocycles. The average molecular weight is 467 g/mol. The molecule has 4 aliphatic rings. The first kappa shape index (κ1) is 23.4. The average Bonchev–Trinajstić information content (AvgIpc) is 3.00. The third-order valence-electron chi connectivity index (χ3n) is 8.84. The summed E-state index contributed by atoms with van der Waals surface area (Å²) in [5.41, 5.74) is -1.87. The maximum Gasteiger partial charge on any atom is 0.303 e. The topological polar surface area (TPSA) is 43.4 Å². The standard InChI is InChI=1S/C25H35FO3S2/c1-6-13-31-24(30-5)12-10-19-20-8-7-17-14-18(28)9-11-22(17,3)25(20,26)21(29-16(2)27)15-23(19,24)4/h9,11,14,19-21H,6-8,10,12-13,15H2,1-5H3/t19-,20-,21-,22-,23-,24+,25?/m0/s1. The molecule has 172 valence electrons. The van der Waals surface area contributed by atoms with Crippen LogP contribution in [0.4, 0.5) is 4.39 Å². The maximum atomic E-state index is 17.6. The van der Waals surface area contributed by atoms with Crippen molar-refractivity contribution in [3.05, 3.63) is 23.8 Å². The number of carbonyl (C=O) groups is 2. The van der Waals surface area contributed by atoms with E-state index >= 15 is 4.39 Å². The van der Waals surface area contributed by atoms with Crippen molar-refractivity contribution in [3.63, 3.8) is 0 Å². The zero-order chi connectivity index (χ0) is 22.7. The summed E-state index contributed by atoms with van der Waals surface area (Å²) in [6.45, 7) is 7.83. The Balaban J connectivity index is 1.83. The van der Waals surface area contributed by atoms with Crippen LogP contribution in [-0.2, 0) is 14.3 Å². The Kier molecular flexibility index (Phi) is 5.99. The molecule has 0 aromatic heterocycles. The van der Waals surface area contributed by atoms with E-state index in [1.54, 1.807) is 12.2 Å². The van der Waals surface area contributed by atoms with Gasteiger partial charge in [-0.15, -0.1) is 23.5 Å². The first-order valence-corrected chi connectivity index (χ1v) is 13.8. The molecule has 6 heteroatoms. The van der Waals surface area contributed by atoms with Crippen LogP contribution in [0.1, 0.15) is 66.2 Å². The Morgan fingerprint density at radius 2 is 2.03 bits per heavy atom. The van der Waals surface area contributed by atoms with Crippen LogP contribution in [0.3, 0.4) is 0 Å². The van der Waals surface area contributed by atoms with Gasteiger partial charge in [0.2, 0.25) is 0 Å². The quantitative estimate of drug-likeness (QED) is 0.360. The second kappa shape index (κ2) is 7.93. The predicted molar refractivity (Wildman–Crippen MR) is 127 cm³/mol. The molecule has 0 bridgehead atoms. The lowest BCUT2D eigenvalue weighted by molar-refractivity contribution is -0.209. The molecule has 4 aliphatic carbocycles. The van der Waals surface area contributed by atoms with E-state index in [1.165, 1.54) is 13.0 Å². The van der Waals surface area contributed by atoms with E-state index in [9.17, 15) is 9.59 Å². The summed E-state index contributed by atoms with van der Waals surface area (Å²) >= 11 is 3.94. The molecule has 4 rings (SSSR count). The normalized spacial score (nSPS) is 46.1. The molecule has 7 atom stereocenters. The number of rotatable bonds is 5. The van der Waals surface area contributed by atoms with Crippen LogP contribution >= 0.6 is 23.5 Å². The Labute approximate surface area is 194 Å². The zero-order valence-electron chi connectivity index (χ0n) is 19.3. The van der Waals surface area contributed by atoms with Crippen LogP contribution in [0.25, 0.3) is 0 Å². The third kappa shape index (κ3) is 3.13. The third-order valence-corrected chi connectivity index (χ3v) is 12.8. The Morgan fingerprint density at radius 3 is 2.68 bits per heavy atom. The van der Waals surface area contributed by atoms with Crippen molar-refractivity contribution in [3.8, 4) is 0 Å². The molecule has 0 radical (unpaired) electrons. The van der Waals surface area contributed by atoms with E-state index in [-0.39, 0.29) is 27.1 Å². The van der Waals surface area contributed by atoms with Gasteiger partial charge in [-0.3, -0.25) is 9.59 Å². The van der Waals surface area contributed by atoms with Gasteiger partial charge in [0.15, 0.2) is 11.5 Å². The molecular formula is C25H35FO3S2. The predicted octanol–water partition coefficient (Wildman–Crippen LogP) is 6.13. The lowest BCUT2D eigenvalue weighted by atomic mass is 9.46. The highest BCUT2D eigenvalue weighted by atomic mass is 32.2. The number of hydrogen-bond donors (Lipinski definition) is 0. The first-order chi connectivity index (χ1) is 14.6. The molecule has 0 aliphatic heterocycles. The molecule has 0 spiro atoms. The fourth-order valence-electron chi connectivity index (χ4n) is 7.35. The molecule has 31 heavy (non-hydrogen) atoms. The molecule has 3 fully saturated rings. The highest BCUT2D eigenvalue weighted by Crippen LogP contribution is 2.74. The Morgan fingerprint density at radius 1 is 1.29 bits per heavy atom. The number of thioether (sulfide) groups is 2. The number of carbonyl (C=O) groups excluding carboxylic acids is 2. The van der Waals surface area contributed by atoms with E-state index in [1.807, 2.05) is 30.4 Å². The monoisotopic (exact) mass is 466 g/mol. The summed E-state index contributed by atoms with van der Waals surface area (Å²) < 4.78 is 23.5. The molecule has 1 unspecified atom stereocenters. The minimum absolute atomic E-state index is 0.0167. The zero-order valence-corrected chi connectivity index (χ0v) is 21.0. The minimum atomic E-state index is -1.70. The van der Waals surface area contributed by atoms with Gasteiger partial charge in [-0.05, 0) is 80.9 Å². The van der Waals surface area contributed by atoms with Crippen molar-refractivity contribution >= 4 is 35.3 Å². The number of ether oxygens (including phenoxy) is 1. The van der Waals surface area contributed by atoms with Gasteiger partial charge >= 0.3 is 5.97 Å². The molecule has 0 N–H and O–H groups in total. The molecule has 3 saturated carbocycles. The summed E-state index contributed by atoms with van der Waals surface area (Å²) in [6, 6.07) is 0. The summed E-state index contributed by atoms with van der Waals surface area (Å²) in [6.07, 6.45) is 11.4. The maximum absolute atomic E-state index is 17.6. The number of allylic oxidation sites excluding steroid dienone is 4. The summed E-state index contributed by atoms with van der Waals surface area (Å²) in [5.74, 6) is 0.643. The summed E-state index contributed by atoms with van der Waals surface area (Å²) in [7, 11) is 0. The van der Waals surface area contributed by atoms with Crippen LogP contribution < -0.4 is 0 Å². The molecule has 0 aromatic rings.